The van der Waals surface area contributed by atoms with E-state index in [4.69, 9.17) is 4.42 Å². The van der Waals surface area contributed by atoms with Gasteiger partial charge in [-0.25, -0.2) is 4.98 Å². The number of aryl methyl sites for hydroxylation is 1. The molecule has 3 unspecified atom stereocenters. The lowest BCUT2D eigenvalue weighted by Crippen LogP contribution is -2.47. The SMILES string of the molecule is Cc1ccc(-c2cnc(C(=O)NC3CC4CCN(C4)C3)o2)cc1. The molecule has 2 aliphatic rings. The molecule has 0 spiro atoms. The Morgan fingerprint density at radius 3 is 2.91 bits per heavy atom. The molecular weight excluding hydrogens is 290 g/mol. The number of hydrogen-bond acceptors (Lipinski definition) is 4. The predicted octanol–water partition coefficient (Wildman–Crippen LogP) is 2.47. The largest absolute Gasteiger partial charge is 0.432 e. The van der Waals surface area contributed by atoms with Crippen molar-refractivity contribution in [3.8, 4) is 11.3 Å². The summed E-state index contributed by atoms with van der Waals surface area (Å²) >= 11 is 0. The smallest absolute Gasteiger partial charge is 0.307 e. The van der Waals surface area contributed by atoms with Crippen LogP contribution in [-0.4, -0.2) is 41.5 Å². The van der Waals surface area contributed by atoms with Gasteiger partial charge < -0.3 is 14.6 Å². The van der Waals surface area contributed by atoms with Gasteiger partial charge in [-0.15, -0.1) is 0 Å². The number of benzene rings is 1. The van der Waals surface area contributed by atoms with Crippen molar-refractivity contribution in [2.75, 3.05) is 19.6 Å². The van der Waals surface area contributed by atoms with Crippen LogP contribution in [-0.2, 0) is 0 Å². The number of nitrogens with zero attached hydrogens (tertiary/aromatic N) is 2. The van der Waals surface area contributed by atoms with Crippen LogP contribution in [0.25, 0.3) is 11.3 Å². The van der Waals surface area contributed by atoms with E-state index in [-0.39, 0.29) is 17.8 Å². The van der Waals surface area contributed by atoms with Gasteiger partial charge in [-0.2, -0.15) is 0 Å². The molecule has 3 atom stereocenters. The second-order valence-electron chi connectivity index (χ2n) is 6.72. The van der Waals surface area contributed by atoms with Crippen LogP contribution in [0.3, 0.4) is 0 Å². The van der Waals surface area contributed by atoms with Crippen LogP contribution >= 0.6 is 0 Å². The van der Waals surface area contributed by atoms with E-state index in [1.165, 1.54) is 18.5 Å². The first-order valence-electron chi connectivity index (χ1n) is 8.23. The van der Waals surface area contributed by atoms with Crippen LogP contribution in [0.1, 0.15) is 29.1 Å². The zero-order valence-electron chi connectivity index (χ0n) is 13.3. The fraction of sp³-hybridized carbons (Fsp3) is 0.444. The molecule has 1 amide bonds. The minimum absolute atomic E-state index is 0.147. The fourth-order valence-electron chi connectivity index (χ4n) is 3.64. The zero-order valence-corrected chi connectivity index (χ0v) is 13.3. The van der Waals surface area contributed by atoms with Crippen LogP contribution in [0.5, 0.6) is 0 Å². The minimum Gasteiger partial charge on any atom is -0.432 e. The van der Waals surface area contributed by atoms with Crippen molar-refractivity contribution < 1.29 is 9.21 Å². The summed E-state index contributed by atoms with van der Waals surface area (Å²) in [4.78, 5) is 18.9. The number of aromatic nitrogens is 1. The molecule has 2 aromatic rings. The molecule has 2 saturated heterocycles. The number of amides is 1. The first-order chi connectivity index (χ1) is 11.2. The van der Waals surface area contributed by atoms with E-state index in [0.717, 1.165) is 31.0 Å². The maximum Gasteiger partial charge on any atom is 0.307 e. The number of oxazole rings is 1. The molecule has 4 rings (SSSR count). The van der Waals surface area contributed by atoms with Crippen LogP contribution in [0, 0.1) is 12.8 Å². The third kappa shape index (κ3) is 3.01. The van der Waals surface area contributed by atoms with E-state index < -0.39 is 0 Å². The van der Waals surface area contributed by atoms with Gasteiger partial charge >= 0.3 is 5.91 Å². The number of hydrogen-bond donors (Lipinski definition) is 1. The molecule has 120 valence electrons. The fourth-order valence-corrected chi connectivity index (χ4v) is 3.64. The van der Waals surface area contributed by atoms with Gasteiger partial charge in [0.15, 0.2) is 5.76 Å². The summed E-state index contributed by atoms with van der Waals surface area (Å²) in [5, 5.41) is 3.07. The number of rotatable bonds is 3. The Kier molecular flexibility index (Phi) is 3.65. The maximum atomic E-state index is 12.4. The van der Waals surface area contributed by atoms with E-state index in [1.807, 2.05) is 31.2 Å². The molecule has 1 aromatic heterocycles. The van der Waals surface area contributed by atoms with Crippen molar-refractivity contribution in [3.63, 3.8) is 0 Å². The summed E-state index contributed by atoms with van der Waals surface area (Å²) in [6.45, 7) is 5.32. The molecule has 2 fully saturated rings. The van der Waals surface area contributed by atoms with Crippen molar-refractivity contribution >= 4 is 5.91 Å². The number of nitrogens with one attached hydrogen (secondary N) is 1. The first kappa shape index (κ1) is 14.5. The van der Waals surface area contributed by atoms with Crippen LogP contribution in [0.4, 0.5) is 0 Å². The Labute approximate surface area is 135 Å². The average molecular weight is 311 g/mol. The quantitative estimate of drug-likeness (QED) is 0.946. The second-order valence-corrected chi connectivity index (χ2v) is 6.72. The first-order valence-corrected chi connectivity index (χ1v) is 8.23. The van der Waals surface area contributed by atoms with Crippen LogP contribution in [0.2, 0.25) is 0 Å². The van der Waals surface area contributed by atoms with E-state index in [2.05, 4.69) is 15.2 Å². The van der Waals surface area contributed by atoms with Gasteiger partial charge in [-0.05, 0) is 32.2 Å². The van der Waals surface area contributed by atoms with Gasteiger partial charge in [0.05, 0.1) is 6.20 Å². The third-order valence-electron chi connectivity index (χ3n) is 4.84. The Balaban J connectivity index is 1.44. The summed E-state index contributed by atoms with van der Waals surface area (Å²) in [7, 11) is 0. The molecule has 5 heteroatoms. The van der Waals surface area contributed by atoms with E-state index >= 15 is 0 Å². The van der Waals surface area contributed by atoms with Gasteiger partial charge in [0.25, 0.3) is 5.89 Å². The number of carbonyl (C=O) groups is 1. The zero-order chi connectivity index (χ0) is 15.8. The highest BCUT2D eigenvalue weighted by Gasteiger charge is 2.33. The van der Waals surface area contributed by atoms with Gasteiger partial charge in [-0.3, -0.25) is 4.79 Å². The van der Waals surface area contributed by atoms with Gasteiger partial charge in [0.2, 0.25) is 0 Å². The predicted molar refractivity (Wildman–Crippen MR) is 87.1 cm³/mol. The highest BCUT2D eigenvalue weighted by molar-refractivity contribution is 5.90. The van der Waals surface area contributed by atoms with Crippen molar-refractivity contribution in [2.45, 2.75) is 25.8 Å². The topological polar surface area (TPSA) is 58.4 Å². The Morgan fingerprint density at radius 1 is 1.30 bits per heavy atom. The van der Waals surface area contributed by atoms with Gasteiger partial charge in [-0.1, -0.05) is 29.8 Å². The lowest BCUT2D eigenvalue weighted by atomic mass is 9.97. The second kappa shape index (κ2) is 5.81. The van der Waals surface area contributed by atoms with Crippen LogP contribution in [0.15, 0.2) is 34.9 Å². The highest BCUT2D eigenvalue weighted by Crippen LogP contribution is 2.27. The minimum atomic E-state index is -0.212. The molecule has 5 nitrogen and oxygen atoms in total. The Hall–Kier alpha value is -2.14. The molecule has 3 heterocycles. The molecule has 0 saturated carbocycles. The molecule has 1 N–H and O–H groups in total. The molecule has 0 aliphatic carbocycles. The van der Waals surface area contributed by atoms with E-state index in [0.29, 0.717) is 5.76 Å². The molecule has 0 radical (unpaired) electrons. The number of piperidine rings is 1. The number of carbonyl (C=O) groups excluding carboxylic acids is 1. The van der Waals surface area contributed by atoms with Crippen molar-refractivity contribution in [1.82, 2.24) is 15.2 Å². The third-order valence-corrected chi connectivity index (χ3v) is 4.84. The lowest BCUT2D eigenvalue weighted by molar-refractivity contribution is 0.0875. The average Bonchev–Trinajstić information content (AvgIpc) is 3.15. The summed E-state index contributed by atoms with van der Waals surface area (Å²) < 4.78 is 5.65. The summed E-state index contributed by atoms with van der Waals surface area (Å²) in [5.74, 6) is 1.29. The van der Waals surface area contributed by atoms with Crippen molar-refractivity contribution in [2.24, 2.45) is 5.92 Å². The summed E-state index contributed by atoms with van der Waals surface area (Å²) in [6, 6.07) is 8.19. The Bertz CT molecular complexity index is 695. The molecule has 2 aliphatic heterocycles. The van der Waals surface area contributed by atoms with E-state index in [1.54, 1.807) is 6.20 Å². The molecular formula is C18H21N3O2. The summed E-state index contributed by atoms with van der Waals surface area (Å²) in [5.41, 5.74) is 2.12. The molecule has 23 heavy (non-hydrogen) atoms. The monoisotopic (exact) mass is 311 g/mol. The van der Waals surface area contributed by atoms with Crippen molar-refractivity contribution in [3.05, 3.63) is 41.9 Å². The van der Waals surface area contributed by atoms with Gasteiger partial charge in [0, 0.05) is 24.7 Å². The maximum absolute atomic E-state index is 12.4. The van der Waals surface area contributed by atoms with E-state index in [9.17, 15) is 4.79 Å². The standard InChI is InChI=1S/C18H21N3O2/c1-12-2-4-14(5-3-12)16-9-19-18(23-16)17(22)20-15-8-13-6-7-21(10-13)11-15/h2-5,9,13,15H,6-8,10-11H2,1H3,(H,20,22). The lowest BCUT2D eigenvalue weighted by Gasteiger charge is -2.30. The van der Waals surface area contributed by atoms with Gasteiger partial charge in [0.1, 0.15) is 0 Å². The molecule has 1 aromatic carbocycles. The summed E-state index contributed by atoms with van der Waals surface area (Å²) in [6.07, 6.45) is 3.93. The molecule has 2 bridgehead atoms. The Morgan fingerprint density at radius 2 is 2.13 bits per heavy atom. The van der Waals surface area contributed by atoms with Crippen LogP contribution < -0.4 is 5.32 Å². The normalized spacial score (nSPS) is 26.2. The van der Waals surface area contributed by atoms with Crippen molar-refractivity contribution in [1.29, 1.82) is 0 Å². The number of fused-ring (bicyclic) bond motifs is 2. The highest BCUT2D eigenvalue weighted by atomic mass is 16.4.